The summed E-state index contributed by atoms with van der Waals surface area (Å²) in [6, 6.07) is 7.53. The fraction of sp³-hybridized carbons (Fsp3) is 0.474. The van der Waals surface area contributed by atoms with E-state index >= 15 is 0 Å². The monoisotopic (exact) mass is 393 g/mol. The van der Waals surface area contributed by atoms with Crippen molar-refractivity contribution in [3.8, 4) is 10.6 Å². The molecule has 0 spiro atoms. The van der Waals surface area contributed by atoms with Crippen molar-refractivity contribution in [3.63, 3.8) is 0 Å². The van der Waals surface area contributed by atoms with E-state index in [2.05, 4.69) is 4.98 Å². The number of nitrogens with two attached hydrogens (primary N) is 1. The van der Waals surface area contributed by atoms with Crippen molar-refractivity contribution in [3.05, 3.63) is 39.9 Å². The fourth-order valence-electron chi connectivity index (χ4n) is 3.01. The predicted molar refractivity (Wildman–Crippen MR) is 106 cm³/mol. The fourth-order valence-corrected chi connectivity index (χ4v) is 4.18. The molecule has 0 aliphatic carbocycles. The lowest BCUT2D eigenvalue weighted by Gasteiger charge is -2.31. The summed E-state index contributed by atoms with van der Waals surface area (Å²) in [6.45, 7) is 4.69. The molecule has 1 aromatic heterocycles. The summed E-state index contributed by atoms with van der Waals surface area (Å²) >= 11 is 7.39. The highest BCUT2D eigenvalue weighted by Gasteiger charge is 2.26. The van der Waals surface area contributed by atoms with Crippen molar-refractivity contribution in [1.29, 1.82) is 0 Å². The Balaban J connectivity index is 1.63. The molecular weight excluding hydrogens is 370 g/mol. The summed E-state index contributed by atoms with van der Waals surface area (Å²) in [5, 5.41) is 1.54. The van der Waals surface area contributed by atoms with Gasteiger partial charge in [0.05, 0.1) is 11.8 Å². The maximum Gasteiger partial charge on any atom is 0.265 e. The molecule has 5 nitrogen and oxygen atoms in total. The Labute approximate surface area is 163 Å². The molecule has 1 saturated heterocycles. The largest absolute Gasteiger partial charge is 0.378 e. The number of aryl methyl sites for hydroxylation is 1. The molecule has 26 heavy (non-hydrogen) atoms. The van der Waals surface area contributed by atoms with Gasteiger partial charge in [-0.25, -0.2) is 4.98 Å². The molecule has 0 unspecified atom stereocenters. The van der Waals surface area contributed by atoms with Crippen LogP contribution in [0.25, 0.3) is 10.6 Å². The van der Waals surface area contributed by atoms with Crippen LogP contribution in [0.1, 0.15) is 34.6 Å². The van der Waals surface area contributed by atoms with Crippen molar-refractivity contribution in [2.45, 2.75) is 32.3 Å². The zero-order valence-corrected chi connectivity index (χ0v) is 16.5. The van der Waals surface area contributed by atoms with Gasteiger partial charge in [-0.05, 0) is 44.9 Å². The SMILES string of the molecule is Cc1nc(-c2ccc(Cl)cc2)sc1C(=O)N1CCC(OCCCN)CC1. The molecule has 1 amide bonds. The average Bonchev–Trinajstić information content (AvgIpc) is 3.04. The number of hydrogen-bond acceptors (Lipinski definition) is 5. The molecule has 1 aliphatic rings. The summed E-state index contributed by atoms with van der Waals surface area (Å²) in [6.07, 6.45) is 2.86. The first-order valence-corrected chi connectivity index (χ1v) is 10.1. The average molecular weight is 394 g/mol. The first-order chi connectivity index (χ1) is 12.6. The van der Waals surface area contributed by atoms with Gasteiger partial charge in [-0.15, -0.1) is 11.3 Å². The number of ether oxygens (including phenoxy) is 1. The van der Waals surface area contributed by atoms with Gasteiger partial charge < -0.3 is 15.4 Å². The van der Waals surface area contributed by atoms with Gasteiger partial charge in [0.1, 0.15) is 9.88 Å². The van der Waals surface area contributed by atoms with E-state index in [0.29, 0.717) is 18.2 Å². The van der Waals surface area contributed by atoms with E-state index in [0.717, 1.165) is 53.5 Å². The Bertz CT molecular complexity index is 740. The standard InChI is InChI=1S/C19H24ClN3O2S/c1-13-17(26-18(22-13)14-3-5-15(20)6-4-14)19(24)23-10-7-16(8-11-23)25-12-2-9-21/h3-6,16H,2,7-12,21H2,1H3. The van der Waals surface area contributed by atoms with Crippen LogP contribution in [0.2, 0.25) is 5.02 Å². The van der Waals surface area contributed by atoms with Crippen LogP contribution >= 0.6 is 22.9 Å². The zero-order chi connectivity index (χ0) is 18.5. The topological polar surface area (TPSA) is 68.5 Å². The molecule has 2 heterocycles. The number of likely N-dealkylation sites (tertiary alicyclic amines) is 1. The summed E-state index contributed by atoms with van der Waals surface area (Å²) in [7, 11) is 0. The lowest BCUT2D eigenvalue weighted by Crippen LogP contribution is -2.41. The van der Waals surface area contributed by atoms with Crippen LogP contribution in [0.15, 0.2) is 24.3 Å². The van der Waals surface area contributed by atoms with Gasteiger partial charge in [0.15, 0.2) is 0 Å². The second kappa shape index (κ2) is 8.95. The van der Waals surface area contributed by atoms with Crippen LogP contribution in [-0.4, -0.2) is 48.1 Å². The maximum absolute atomic E-state index is 12.9. The van der Waals surface area contributed by atoms with Gasteiger partial charge >= 0.3 is 0 Å². The minimum absolute atomic E-state index is 0.0700. The molecule has 140 valence electrons. The van der Waals surface area contributed by atoms with Gasteiger partial charge in [0, 0.05) is 30.3 Å². The Kier molecular flexibility index (Phi) is 6.64. The lowest BCUT2D eigenvalue weighted by molar-refractivity contribution is 0.00855. The number of hydrogen-bond donors (Lipinski definition) is 1. The molecule has 0 atom stereocenters. The Morgan fingerprint density at radius 1 is 1.35 bits per heavy atom. The summed E-state index contributed by atoms with van der Waals surface area (Å²) in [5.74, 6) is 0.0700. The third kappa shape index (κ3) is 4.62. The van der Waals surface area contributed by atoms with Gasteiger partial charge in [0.25, 0.3) is 5.91 Å². The van der Waals surface area contributed by atoms with Crippen LogP contribution in [-0.2, 0) is 4.74 Å². The molecule has 0 radical (unpaired) electrons. The van der Waals surface area contributed by atoms with Gasteiger partial charge in [-0.1, -0.05) is 23.7 Å². The van der Waals surface area contributed by atoms with E-state index < -0.39 is 0 Å². The molecule has 0 bridgehead atoms. The van der Waals surface area contributed by atoms with E-state index in [9.17, 15) is 4.79 Å². The van der Waals surface area contributed by atoms with Crippen molar-refractivity contribution in [2.75, 3.05) is 26.2 Å². The molecule has 1 aromatic carbocycles. The molecule has 7 heteroatoms. The molecule has 3 rings (SSSR count). The van der Waals surface area contributed by atoms with E-state index in [1.807, 2.05) is 36.1 Å². The maximum atomic E-state index is 12.9. The number of thiazole rings is 1. The smallest absolute Gasteiger partial charge is 0.265 e. The molecular formula is C19H24ClN3O2S. The quantitative estimate of drug-likeness (QED) is 0.759. The Hall–Kier alpha value is -1.47. The molecule has 0 saturated carbocycles. The predicted octanol–water partition coefficient (Wildman–Crippen LogP) is 3.74. The summed E-state index contributed by atoms with van der Waals surface area (Å²) in [5.41, 5.74) is 7.26. The van der Waals surface area contributed by atoms with E-state index in [1.54, 1.807) is 0 Å². The van der Waals surface area contributed by atoms with Crippen molar-refractivity contribution < 1.29 is 9.53 Å². The normalized spacial score (nSPS) is 15.4. The van der Waals surface area contributed by atoms with Crippen LogP contribution in [0.4, 0.5) is 0 Å². The number of carbonyl (C=O) groups is 1. The highest BCUT2D eigenvalue weighted by Crippen LogP contribution is 2.30. The number of halogens is 1. The third-order valence-electron chi connectivity index (χ3n) is 4.51. The van der Waals surface area contributed by atoms with Crippen LogP contribution in [0.3, 0.4) is 0 Å². The minimum Gasteiger partial charge on any atom is -0.378 e. The van der Waals surface area contributed by atoms with Crippen molar-refractivity contribution in [2.24, 2.45) is 5.73 Å². The van der Waals surface area contributed by atoms with Crippen molar-refractivity contribution in [1.82, 2.24) is 9.88 Å². The van der Waals surface area contributed by atoms with Crippen LogP contribution in [0.5, 0.6) is 0 Å². The number of amides is 1. The number of piperidine rings is 1. The number of benzene rings is 1. The Morgan fingerprint density at radius 2 is 2.04 bits per heavy atom. The van der Waals surface area contributed by atoms with E-state index in [1.165, 1.54) is 11.3 Å². The highest BCUT2D eigenvalue weighted by atomic mass is 35.5. The van der Waals surface area contributed by atoms with Gasteiger partial charge in [0.2, 0.25) is 0 Å². The molecule has 1 fully saturated rings. The number of aromatic nitrogens is 1. The van der Waals surface area contributed by atoms with Gasteiger partial charge in [-0.3, -0.25) is 4.79 Å². The first-order valence-electron chi connectivity index (χ1n) is 8.93. The molecule has 2 aromatic rings. The van der Waals surface area contributed by atoms with E-state index in [4.69, 9.17) is 22.1 Å². The number of rotatable bonds is 6. The van der Waals surface area contributed by atoms with Crippen LogP contribution < -0.4 is 5.73 Å². The lowest BCUT2D eigenvalue weighted by atomic mass is 10.1. The third-order valence-corrected chi connectivity index (χ3v) is 5.96. The second-order valence-corrected chi connectivity index (χ2v) is 7.88. The first kappa shape index (κ1) is 19.3. The van der Waals surface area contributed by atoms with E-state index in [-0.39, 0.29) is 12.0 Å². The molecule has 1 aliphatic heterocycles. The zero-order valence-electron chi connectivity index (χ0n) is 14.9. The number of nitrogens with zero attached hydrogens (tertiary/aromatic N) is 2. The Morgan fingerprint density at radius 3 is 2.69 bits per heavy atom. The minimum atomic E-state index is 0.0700. The second-order valence-electron chi connectivity index (χ2n) is 6.45. The van der Waals surface area contributed by atoms with Crippen molar-refractivity contribution >= 4 is 28.8 Å². The molecule has 2 N–H and O–H groups in total. The van der Waals surface area contributed by atoms with Crippen LogP contribution in [0, 0.1) is 6.92 Å². The highest BCUT2D eigenvalue weighted by molar-refractivity contribution is 7.17. The summed E-state index contributed by atoms with van der Waals surface area (Å²) in [4.78, 5) is 20.1. The van der Waals surface area contributed by atoms with Gasteiger partial charge in [-0.2, -0.15) is 0 Å². The summed E-state index contributed by atoms with van der Waals surface area (Å²) < 4.78 is 5.81. The number of carbonyl (C=O) groups excluding carboxylic acids is 1.